The molecule has 0 aliphatic carbocycles. The molecule has 94 valence electrons. The van der Waals surface area contributed by atoms with Crippen LogP contribution >= 0.6 is 0 Å². The first-order valence-electron chi connectivity index (χ1n) is 6.13. The number of rotatable bonds is 4. The maximum Gasteiger partial charge on any atom is 0.158 e. The van der Waals surface area contributed by atoms with Crippen LogP contribution < -0.4 is 5.32 Å². The highest BCUT2D eigenvalue weighted by Gasteiger charge is 2.22. The molecule has 5 nitrogen and oxygen atoms in total. The number of aromatic nitrogens is 2. The SMILES string of the molecule is CCN1CCOC(c2ncc(CNC)cn2)C1. The highest BCUT2D eigenvalue weighted by molar-refractivity contribution is 5.06. The first-order valence-corrected chi connectivity index (χ1v) is 6.13. The van der Waals surface area contributed by atoms with Crippen molar-refractivity contribution in [1.29, 1.82) is 0 Å². The number of nitrogens with one attached hydrogen (secondary N) is 1. The van der Waals surface area contributed by atoms with Gasteiger partial charge in [0.05, 0.1) is 6.61 Å². The zero-order valence-electron chi connectivity index (χ0n) is 10.5. The Morgan fingerprint density at radius 2 is 2.24 bits per heavy atom. The molecule has 1 saturated heterocycles. The average molecular weight is 236 g/mol. The molecule has 2 rings (SSSR count). The fourth-order valence-electron chi connectivity index (χ4n) is 1.97. The number of morpholine rings is 1. The minimum Gasteiger partial charge on any atom is -0.368 e. The second-order valence-corrected chi connectivity index (χ2v) is 4.23. The predicted molar refractivity (Wildman–Crippen MR) is 65.6 cm³/mol. The smallest absolute Gasteiger partial charge is 0.158 e. The molecule has 1 atom stereocenters. The van der Waals surface area contributed by atoms with E-state index < -0.39 is 0 Å². The van der Waals surface area contributed by atoms with E-state index in [4.69, 9.17) is 4.74 Å². The Hall–Kier alpha value is -1.04. The molecular weight excluding hydrogens is 216 g/mol. The molecule has 1 aromatic rings. The number of hydrogen-bond donors (Lipinski definition) is 1. The largest absolute Gasteiger partial charge is 0.368 e. The Bertz CT molecular complexity index is 341. The minimum atomic E-state index is 0.0207. The van der Waals surface area contributed by atoms with Crippen LogP contribution in [0.2, 0.25) is 0 Å². The van der Waals surface area contributed by atoms with Crippen LogP contribution in [0.1, 0.15) is 24.4 Å². The molecule has 0 radical (unpaired) electrons. The normalized spacial score (nSPS) is 21.6. The lowest BCUT2D eigenvalue weighted by molar-refractivity contribution is -0.0326. The summed E-state index contributed by atoms with van der Waals surface area (Å²) >= 11 is 0. The first-order chi connectivity index (χ1) is 8.33. The van der Waals surface area contributed by atoms with Crippen molar-refractivity contribution in [3.05, 3.63) is 23.8 Å². The van der Waals surface area contributed by atoms with Crippen LogP contribution in [0.5, 0.6) is 0 Å². The van der Waals surface area contributed by atoms with Crippen molar-refractivity contribution < 1.29 is 4.74 Å². The Labute approximate surface area is 102 Å². The second kappa shape index (κ2) is 6.05. The highest BCUT2D eigenvalue weighted by Crippen LogP contribution is 2.18. The van der Waals surface area contributed by atoms with E-state index in [0.717, 1.165) is 44.2 Å². The van der Waals surface area contributed by atoms with Gasteiger partial charge in [-0.25, -0.2) is 9.97 Å². The standard InChI is InChI=1S/C12H20N4O/c1-3-16-4-5-17-11(9-16)12-14-7-10(6-13-2)8-15-12/h7-8,11,13H,3-6,9H2,1-2H3. The van der Waals surface area contributed by atoms with Gasteiger partial charge in [-0.2, -0.15) is 0 Å². The number of nitrogens with zero attached hydrogens (tertiary/aromatic N) is 3. The molecule has 5 heteroatoms. The Morgan fingerprint density at radius 3 is 2.88 bits per heavy atom. The van der Waals surface area contributed by atoms with E-state index in [1.165, 1.54) is 0 Å². The number of ether oxygens (including phenoxy) is 1. The van der Waals surface area contributed by atoms with Crippen LogP contribution in [0.15, 0.2) is 12.4 Å². The van der Waals surface area contributed by atoms with Crippen molar-refractivity contribution in [3.63, 3.8) is 0 Å². The van der Waals surface area contributed by atoms with Crippen molar-refractivity contribution in [1.82, 2.24) is 20.2 Å². The van der Waals surface area contributed by atoms with Crippen LogP contribution in [0.3, 0.4) is 0 Å². The maximum absolute atomic E-state index is 5.71. The van der Waals surface area contributed by atoms with Crippen molar-refractivity contribution in [3.8, 4) is 0 Å². The minimum absolute atomic E-state index is 0.0207. The fourth-order valence-corrected chi connectivity index (χ4v) is 1.97. The zero-order chi connectivity index (χ0) is 12.1. The lowest BCUT2D eigenvalue weighted by Gasteiger charge is -2.31. The van der Waals surface area contributed by atoms with Gasteiger partial charge in [0.2, 0.25) is 0 Å². The van der Waals surface area contributed by atoms with Gasteiger partial charge in [-0.3, -0.25) is 4.90 Å². The van der Waals surface area contributed by atoms with E-state index in [0.29, 0.717) is 0 Å². The summed E-state index contributed by atoms with van der Waals surface area (Å²) in [6.07, 6.45) is 3.76. The molecule has 0 amide bonds. The van der Waals surface area contributed by atoms with Gasteiger partial charge in [0.1, 0.15) is 6.10 Å². The van der Waals surface area contributed by atoms with Gasteiger partial charge in [-0.05, 0) is 13.6 Å². The van der Waals surface area contributed by atoms with Crippen molar-refractivity contribution >= 4 is 0 Å². The summed E-state index contributed by atoms with van der Waals surface area (Å²) in [6, 6.07) is 0. The number of likely N-dealkylation sites (N-methyl/N-ethyl adjacent to an activating group) is 1. The lowest BCUT2D eigenvalue weighted by atomic mass is 10.2. The monoisotopic (exact) mass is 236 g/mol. The topological polar surface area (TPSA) is 50.3 Å². The van der Waals surface area contributed by atoms with E-state index in [1.807, 2.05) is 19.4 Å². The van der Waals surface area contributed by atoms with Crippen molar-refractivity contribution in [2.75, 3.05) is 33.3 Å². The fraction of sp³-hybridized carbons (Fsp3) is 0.667. The molecule has 1 unspecified atom stereocenters. The quantitative estimate of drug-likeness (QED) is 0.829. The van der Waals surface area contributed by atoms with Crippen LogP contribution in [0, 0.1) is 0 Å². The van der Waals surface area contributed by atoms with Gasteiger partial charge in [0, 0.05) is 37.6 Å². The first kappa shape index (κ1) is 12.4. The molecule has 0 spiro atoms. The molecule has 0 saturated carbocycles. The molecule has 1 fully saturated rings. The van der Waals surface area contributed by atoms with Crippen LogP contribution in [0.4, 0.5) is 0 Å². The molecule has 1 N–H and O–H groups in total. The average Bonchev–Trinajstić information content (AvgIpc) is 2.40. The van der Waals surface area contributed by atoms with Crippen LogP contribution in [-0.4, -0.2) is 48.2 Å². The summed E-state index contributed by atoms with van der Waals surface area (Å²) in [7, 11) is 1.91. The summed E-state index contributed by atoms with van der Waals surface area (Å²) in [5, 5.41) is 3.08. The summed E-state index contributed by atoms with van der Waals surface area (Å²) in [4.78, 5) is 11.1. The molecular formula is C12H20N4O. The zero-order valence-corrected chi connectivity index (χ0v) is 10.5. The molecule has 0 aromatic carbocycles. The predicted octanol–water partition coefficient (Wildman–Crippen LogP) is 0.589. The summed E-state index contributed by atoms with van der Waals surface area (Å²) in [6.45, 7) is 6.68. The van der Waals surface area contributed by atoms with Crippen molar-refractivity contribution in [2.24, 2.45) is 0 Å². The molecule has 1 aliphatic rings. The Morgan fingerprint density at radius 1 is 1.47 bits per heavy atom. The van der Waals surface area contributed by atoms with Gasteiger partial charge in [-0.1, -0.05) is 6.92 Å². The highest BCUT2D eigenvalue weighted by atomic mass is 16.5. The van der Waals surface area contributed by atoms with Gasteiger partial charge < -0.3 is 10.1 Å². The van der Waals surface area contributed by atoms with E-state index >= 15 is 0 Å². The molecule has 1 aromatic heterocycles. The van der Waals surface area contributed by atoms with Gasteiger partial charge in [0.25, 0.3) is 0 Å². The summed E-state index contributed by atoms with van der Waals surface area (Å²) in [5.74, 6) is 0.794. The third-order valence-corrected chi connectivity index (χ3v) is 2.99. The van der Waals surface area contributed by atoms with E-state index in [1.54, 1.807) is 0 Å². The third kappa shape index (κ3) is 3.21. The second-order valence-electron chi connectivity index (χ2n) is 4.23. The number of hydrogen-bond acceptors (Lipinski definition) is 5. The van der Waals surface area contributed by atoms with Gasteiger partial charge in [0.15, 0.2) is 5.82 Å². The van der Waals surface area contributed by atoms with E-state index in [2.05, 4.69) is 27.1 Å². The van der Waals surface area contributed by atoms with Gasteiger partial charge in [-0.15, -0.1) is 0 Å². The van der Waals surface area contributed by atoms with Crippen molar-refractivity contribution in [2.45, 2.75) is 19.6 Å². The van der Waals surface area contributed by atoms with E-state index in [-0.39, 0.29) is 6.10 Å². The molecule has 2 heterocycles. The molecule has 1 aliphatic heterocycles. The third-order valence-electron chi connectivity index (χ3n) is 2.99. The van der Waals surface area contributed by atoms with Crippen LogP contribution in [-0.2, 0) is 11.3 Å². The lowest BCUT2D eigenvalue weighted by Crippen LogP contribution is -2.38. The van der Waals surface area contributed by atoms with Crippen LogP contribution in [0.25, 0.3) is 0 Å². The molecule has 17 heavy (non-hydrogen) atoms. The van der Waals surface area contributed by atoms with E-state index in [9.17, 15) is 0 Å². The molecule has 0 bridgehead atoms. The summed E-state index contributed by atoms with van der Waals surface area (Å²) < 4.78 is 5.71. The van der Waals surface area contributed by atoms with Gasteiger partial charge >= 0.3 is 0 Å². The Balaban J connectivity index is 2.01. The maximum atomic E-state index is 5.71. The Kier molecular flexibility index (Phi) is 4.42. The summed E-state index contributed by atoms with van der Waals surface area (Å²) in [5.41, 5.74) is 1.10.